The molecule has 0 aliphatic carbocycles. The van der Waals surface area contributed by atoms with E-state index in [9.17, 15) is 0 Å². The summed E-state index contributed by atoms with van der Waals surface area (Å²) in [5.41, 5.74) is 2.47. The van der Waals surface area contributed by atoms with Crippen LogP contribution in [-0.4, -0.2) is 29.5 Å². The average molecular weight is 373 g/mol. The second kappa shape index (κ2) is 6.54. The van der Waals surface area contributed by atoms with Crippen molar-refractivity contribution in [2.45, 2.75) is 0 Å². The van der Waals surface area contributed by atoms with Crippen LogP contribution in [0.25, 0.3) is 27.8 Å². The maximum absolute atomic E-state index is 5.94. The predicted molar refractivity (Wildman–Crippen MR) is 95.0 cm³/mol. The molecule has 5 aromatic rings. The van der Waals surface area contributed by atoms with Gasteiger partial charge in [-0.1, -0.05) is 23.2 Å². The molecule has 0 bridgehead atoms. The number of fused-ring (bicyclic) bond motifs is 2. The molecule has 0 fully saturated rings. The molecule has 0 saturated carbocycles. The summed E-state index contributed by atoms with van der Waals surface area (Å²) in [5, 5.41) is 2.65. The van der Waals surface area contributed by atoms with Crippen LogP contribution in [0.4, 0.5) is 0 Å². The summed E-state index contributed by atoms with van der Waals surface area (Å²) in [6, 6.07) is 5.58. The van der Waals surface area contributed by atoms with Crippen LogP contribution in [-0.2, 0) is 0 Å². The molecule has 0 radical (unpaired) electrons. The van der Waals surface area contributed by atoms with Crippen LogP contribution in [0.15, 0.2) is 60.2 Å². The normalized spacial score (nSPS) is 10.8. The van der Waals surface area contributed by atoms with Crippen LogP contribution in [0, 0.1) is 0 Å². The molecule has 9 heteroatoms. The fourth-order valence-electron chi connectivity index (χ4n) is 2.36. The van der Waals surface area contributed by atoms with Crippen molar-refractivity contribution in [1.29, 1.82) is 0 Å². The van der Waals surface area contributed by atoms with Crippen molar-refractivity contribution in [2.75, 3.05) is 0 Å². The van der Waals surface area contributed by atoms with Gasteiger partial charge in [0.15, 0.2) is 0 Å². The molecule has 5 aromatic heterocycles. The highest BCUT2D eigenvalue weighted by Gasteiger charge is 2.08. The fourth-order valence-corrected chi connectivity index (χ4v) is 2.75. The number of halogens is 2. The van der Waals surface area contributed by atoms with Crippen molar-refractivity contribution in [1.82, 2.24) is 29.5 Å². The molecule has 0 amide bonds. The van der Waals surface area contributed by atoms with E-state index in [-0.39, 0.29) is 0 Å². The first-order valence-electron chi connectivity index (χ1n) is 7.18. The van der Waals surface area contributed by atoms with Crippen molar-refractivity contribution in [3.05, 3.63) is 66.1 Å². The third-order valence-corrected chi connectivity index (χ3v) is 4.12. The largest absolute Gasteiger partial charge is 0.470 e. The van der Waals surface area contributed by atoms with Gasteiger partial charge in [-0.15, -0.1) is 0 Å². The Morgan fingerprint density at radius 2 is 1.72 bits per heavy atom. The minimum atomic E-state index is 0.460. The number of nitrogens with zero attached hydrogens (tertiary/aromatic N) is 5. The Kier molecular flexibility index (Phi) is 4.09. The summed E-state index contributed by atoms with van der Waals surface area (Å²) in [4.78, 5) is 18.8. The molecule has 5 rings (SSSR count). The third kappa shape index (κ3) is 2.95. The number of aromatic nitrogens is 6. The first-order chi connectivity index (χ1) is 12.2. The van der Waals surface area contributed by atoms with Crippen LogP contribution < -0.4 is 0 Å². The number of rotatable bonds is 1. The van der Waals surface area contributed by atoms with Crippen molar-refractivity contribution < 1.29 is 4.42 Å². The van der Waals surface area contributed by atoms with E-state index in [0.29, 0.717) is 10.3 Å². The summed E-state index contributed by atoms with van der Waals surface area (Å²) in [6.07, 6.45) is 9.81. The molecule has 0 atom stereocenters. The lowest BCUT2D eigenvalue weighted by atomic mass is 10.4. The van der Waals surface area contributed by atoms with Crippen LogP contribution in [0.3, 0.4) is 0 Å². The molecular weight excluding hydrogens is 363 g/mol. The van der Waals surface area contributed by atoms with E-state index < -0.39 is 0 Å². The Morgan fingerprint density at radius 1 is 0.920 bits per heavy atom. The quantitative estimate of drug-likeness (QED) is 0.444. The number of hydrogen-bond donors (Lipinski definition) is 1. The highest BCUT2D eigenvalue weighted by molar-refractivity contribution is 6.34. The van der Waals surface area contributed by atoms with Crippen molar-refractivity contribution in [2.24, 2.45) is 0 Å². The summed E-state index contributed by atoms with van der Waals surface area (Å²) >= 11 is 11.7. The van der Waals surface area contributed by atoms with Gasteiger partial charge in [-0.05, 0) is 12.1 Å². The van der Waals surface area contributed by atoms with E-state index in [1.165, 1.54) is 12.7 Å². The summed E-state index contributed by atoms with van der Waals surface area (Å²) < 4.78 is 6.92. The molecule has 124 valence electrons. The zero-order chi connectivity index (χ0) is 17.2. The molecule has 0 aliphatic rings. The van der Waals surface area contributed by atoms with Gasteiger partial charge in [0.1, 0.15) is 40.5 Å². The number of H-pyrrole nitrogens is 1. The summed E-state index contributed by atoms with van der Waals surface area (Å²) in [7, 11) is 0. The Bertz CT molecular complexity index is 1130. The third-order valence-electron chi connectivity index (χ3n) is 3.52. The van der Waals surface area contributed by atoms with Crippen LogP contribution >= 0.6 is 23.2 Å². The van der Waals surface area contributed by atoms with Crippen molar-refractivity contribution in [3.63, 3.8) is 0 Å². The Hall–Kier alpha value is -2.90. The minimum absolute atomic E-state index is 0.460. The van der Waals surface area contributed by atoms with Gasteiger partial charge in [0, 0.05) is 18.5 Å². The van der Waals surface area contributed by atoms with Gasteiger partial charge < -0.3 is 9.40 Å². The van der Waals surface area contributed by atoms with E-state index in [1.54, 1.807) is 18.7 Å². The van der Waals surface area contributed by atoms with E-state index in [2.05, 4.69) is 24.9 Å². The monoisotopic (exact) mass is 372 g/mol. The SMILES string of the molecule is Clc1ncnc2[nH]ccc12.Clc1ncnc2c1ccn2-c1ccoc1. The van der Waals surface area contributed by atoms with Crippen LogP contribution in [0.5, 0.6) is 0 Å². The van der Waals surface area contributed by atoms with Crippen LogP contribution in [0.2, 0.25) is 10.3 Å². The molecule has 1 N–H and O–H groups in total. The second-order valence-electron chi connectivity index (χ2n) is 4.97. The molecule has 7 nitrogen and oxygen atoms in total. The molecule has 0 unspecified atom stereocenters. The van der Waals surface area contributed by atoms with Crippen molar-refractivity contribution in [3.8, 4) is 5.69 Å². The van der Waals surface area contributed by atoms with Gasteiger partial charge in [-0.3, -0.25) is 4.57 Å². The summed E-state index contributed by atoms with van der Waals surface area (Å²) in [6.45, 7) is 0. The lowest BCUT2D eigenvalue weighted by Gasteiger charge is -1.99. The Balaban J connectivity index is 0.000000136. The lowest BCUT2D eigenvalue weighted by molar-refractivity contribution is 0.566. The maximum atomic E-state index is 5.94. The van der Waals surface area contributed by atoms with Gasteiger partial charge in [-0.2, -0.15) is 0 Å². The fraction of sp³-hybridized carbons (Fsp3) is 0. The zero-order valence-electron chi connectivity index (χ0n) is 12.6. The van der Waals surface area contributed by atoms with Gasteiger partial charge in [0.25, 0.3) is 0 Å². The first-order valence-corrected chi connectivity index (χ1v) is 7.93. The minimum Gasteiger partial charge on any atom is -0.470 e. The number of furan rings is 1. The molecule has 0 aliphatic heterocycles. The average Bonchev–Trinajstić information content (AvgIpc) is 3.36. The Labute approximate surface area is 151 Å². The van der Waals surface area contributed by atoms with Gasteiger partial charge >= 0.3 is 0 Å². The Morgan fingerprint density at radius 3 is 2.48 bits per heavy atom. The van der Waals surface area contributed by atoms with Crippen molar-refractivity contribution >= 4 is 45.3 Å². The smallest absolute Gasteiger partial charge is 0.149 e. The number of hydrogen-bond acceptors (Lipinski definition) is 5. The van der Waals surface area contributed by atoms with E-state index in [0.717, 1.165) is 27.8 Å². The zero-order valence-corrected chi connectivity index (χ0v) is 14.1. The van der Waals surface area contributed by atoms with Gasteiger partial charge in [0.05, 0.1) is 22.7 Å². The number of aromatic amines is 1. The highest BCUT2D eigenvalue weighted by Crippen LogP contribution is 2.23. The molecule has 5 heterocycles. The number of nitrogens with one attached hydrogen (secondary N) is 1. The van der Waals surface area contributed by atoms with Crippen LogP contribution in [0.1, 0.15) is 0 Å². The lowest BCUT2D eigenvalue weighted by Crippen LogP contribution is -1.91. The van der Waals surface area contributed by atoms with Gasteiger partial charge in [0.2, 0.25) is 0 Å². The molecule has 0 aromatic carbocycles. The van der Waals surface area contributed by atoms with E-state index >= 15 is 0 Å². The molecule has 0 spiro atoms. The highest BCUT2D eigenvalue weighted by atomic mass is 35.5. The second-order valence-corrected chi connectivity index (χ2v) is 5.69. The predicted octanol–water partition coefficient (Wildman–Crippen LogP) is 4.28. The molecule has 0 saturated heterocycles. The van der Waals surface area contributed by atoms with Gasteiger partial charge in [-0.25, -0.2) is 19.9 Å². The standard InChI is InChI=1S/C10H6ClN3O.C6H4ClN3/c11-9-8-1-3-14(7-2-4-15-5-7)10(8)13-6-12-9;7-5-4-1-2-8-6(4)10-3-9-5/h1-6H;1-3H,(H,8,9,10). The molecule has 25 heavy (non-hydrogen) atoms. The van der Waals surface area contributed by atoms with E-state index in [1.807, 2.05) is 29.0 Å². The first kappa shape index (κ1) is 15.6. The summed E-state index contributed by atoms with van der Waals surface area (Å²) in [5.74, 6) is 0. The van der Waals surface area contributed by atoms with E-state index in [4.69, 9.17) is 27.6 Å². The molecular formula is C16H10Cl2N6O. The maximum Gasteiger partial charge on any atom is 0.149 e. The topological polar surface area (TPSA) is 85.4 Å².